The summed E-state index contributed by atoms with van der Waals surface area (Å²) in [5.74, 6) is -1.18. The van der Waals surface area contributed by atoms with Gasteiger partial charge in [-0.3, -0.25) is 14.4 Å². The lowest BCUT2D eigenvalue weighted by Gasteiger charge is -2.28. The van der Waals surface area contributed by atoms with Gasteiger partial charge >= 0.3 is 5.97 Å². The Kier molecular flexibility index (Phi) is 5.47. The number of aryl methyl sites for hydroxylation is 1. The average Bonchev–Trinajstić information content (AvgIpc) is 3.35. The molecular weight excluding hydrogens is 366 g/mol. The van der Waals surface area contributed by atoms with Crippen LogP contribution in [0.4, 0.5) is 5.69 Å². The molecule has 1 N–H and O–H groups in total. The molecule has 1 amide bonds. The number of ketones is 1. The summed E-state index contributed by atoms with van der Waals surface area (Å²) in [5.41, 5.74) is 2.40. The molecule has 0 aromatic heterocycles. The molecule has 2 fully saturated rings. The first-order valence-corrected chi connectivity index (χ1v) is 10.2. The molecule has 150 valence electrons. The van der Waals surface area contributed by atoms with Gasteiger partial charge in [0.05, 0.1) is 5.92 Å². The van der Waals surface area contributed by atoms with Crippen LogP contribution in [0.15, 0.2) is 54.6 Å². The summed E-state index contributed by atoms with van der Waals surface area (Å²) in [4.78, 5) is 38.1. The lowest BCUT2D eigenvalue weighted by molar-refractivity contribution is -0.154. The minimum atomic E-state index is -0.450. The number of ether oxygens (including phenoxy) is 1. The summed E-state index contributed by atoms with van der Waals surface area (Å²) in [7, 11) is 0. The number of hydrogen-bond acceptors (Lipinski definition) is 4. The first kappa shape index (κ1) is 19.4. The Morgan fingerprint density at radius 1 is 0.931 bits per heavy atom. The van der Waals surface area contributed by atoms with Crippen molar-refractivity contribution >= 4 is 23.3 Å². The number of fused-ring (bicyclic) bond motifs is 2. The summed E-state index contributed by atoms with van der Waals surface area (Å²) in [6.07, 6.45) is 2.81. The van der Waals surface area contributed by atoms with Crippen LogP contribution in [-0.4, -0.2) is 24.3 Å². The van der Waals surface area contributed by atoms with Crippen molar-refractivity contribution in [3.05, 3.63) is 65.7 Å². The molecule has 0 spiro atoms. The summed E-state index contributed by atoms with van der Waals surface area (Å²) in [6, 6.07) is 16.5. The van der Waals surface area contributed by atoms with E-state index in [1.807, 2.05) is 37.3 Å². The topological polar surface area (TPSA) is 72.5 Å². The zero-order valence-corrected chi connectivity index (χ0v) is 16.5. The van der Waals surface area contributed by atoms with Crippen molar-refractivity contribution in [2.24, 2.45) is 23.7 Å². The molecule has 2 aliphatic carbocycles. The number of carbonyl (C=O) groups is 3. The summed E-state index contributed by atoms with van der Waals surface area (Å²) < 4.78 is 5.35. The predicted molar refractivity (Wildman–Crippen MR) is 109 cm³/mol. The molecule has 2 aliphatic rings. The molecule has 5 nitrogen and oxygen atoms in total. The van der Waals surface area contributed by atoms with Gasteiger partial charge in [-0.1, -0.05) is 48.0 Å². The van der Waals surface area contributed by atoms with E-state index >= 15 is 0 Å². The second kappa shape index (κ2) is 8.19. The highest BCUT2D eigenvalue weighted by atomic mass is 16.5. The molecule has 29 heavy (non-hydrogen) atoms. The zero-order chi connectivity index (χ0) is 20.4. The van der Waals surface area contributed by atoms with Crippen molar-refractivity contribution in [1.82, 2.24) is 0 Å². The number of rotatable bonds is 6. The van der Waals surface area contributed by atoms with Gasteiger partial charge in [0.25, 0.3) is 5.91 Å². The fraction of sp³-hybridized carbons (Fsp3) is 0.375. The van der Waals surface area contributed by atoms with Crippen molar-refractivity contribution in [3.8, 4) is 0 Å². The van der Waals surface area contributed by atoms with Crippen LogP contribution in [-0.2, 0) is 14.3 Å². The molecule has 0 unspecified atom stereocenters. The molecule has 0 saturated heterocycles. The van der Waals surface area contributed by atoms with E-state index < -0.39 is 11.9 Å². The Balaban J connectivity index is 1.39. The highest BCUT2D eigenvalue weighted by Crippen LogP contribution is 2.53. The maximum Gasteiger partial charge on any atom is 0.310 e. The lowest BCUT2D eigenvalue weighted by atomic mass is 9.75. The van der Waals surface area contributed by atoms with Gasteiger partial charge in [-0.25, -0.2) is 0 Å². The van der Waals surface area contributed by atoms with E-state index in [-0.39, 0.29) is 36.1 Å². The predicted octanol–water partition coefficient (Wildman–Crippen LogP) is 4.02. The molecule has 5 heteroatoms. The Labute approximate surface area is 170 Å². The molecule has 4 rings (SSSR count). The minimum absolute atomic E-state index is 0.0175. The van der Waals surface area contributed by atoms with E-state index in [9.17, 15) is 14.4 Å². The van der Waals surface area contributed by atoms with Gasteiger partial charge in [0, 0.05) is 17.2 Å². The maximum atomic E-state index is 13.1. The van der Waals surface area contributed by atoms with Crippen LogP contribution in [0.3, 0.4) is 0 Å². The van der Waals surface area contributed by atoms with E-state index in [2.05, 4.69) is 5.32 Å². The van der Waals surface area contributed by atoms with Gasteiger partial charge in [0.2, 0.25) is 0 Å². The number of hydrogen-bond donors (Lipinski definition) is 1. The van der Waals surface area contributed by atoms with Crippen molar-refractivity contribution in [2.75, 3.05) is 11.9 Å². The molecule has 0 heterocycles. The number of anilines is 1. The summed E-state index contributed by atoms with van der Waals surface area (Å²) in [6.45, 7) is 1.63. The van der Waals surface area contributed by atoms with Gasteiger partial charge < -0.3 is 10.1 Å². The highest BCUT2D eigenvalue weighted by molar-refractivity contribution is 6.01. The van der Waals surface area contributed by atoms with Crippen LogP contribution in [0.25, 0.3) is 0 Å². The number of Topliss-reactive ketones (excluding diaryl/α,β-unsaturated/α-hetero) is 1. The molecule has 2 bridgehead atoms. The fourth-order valence-corrected chi connectivity index (χ4v) is 4.87. The van der Waals surface area contributed by atoms with E-state index in [0.29, 0.717) is 11.3 Å². The molecule has 0 aliphatic heterocycles. The van der Waals surface area contributed by atoms with Crippen LogP contribution in [0.5, 0.6) is 0 Å². The lowest BCUT2D eigenvalue weighted by Crippen LogP contribution is -2.37. The SMILES string of the molecule is Cc1ccc(NC(=O)COC(=O)[C@@H]2[C@@H]3CC[C@@H](C3)[C@@H]2C(=O)c2ccccc2)cc1. The fourth-order valence-electron chi connectivity index (χ4n) is 4.87. The Morgan fingerprint density at radius 2 is 1.59 bits per heavy atom. The van der Waals surface area contributed by atoms with Gasteiger partial charge in [-0.05, 0) is 50.2 Å². The van der Waals surface area contributed by atoms with Crippen molar-refractivity contribution in [3.63, 3.8) is 0 Å². The zero-order valence-electron chi connectivity index (χ0n) is 16.5. The van der Waals surface area contributed by atoms with Gasteiger partial charge in [-0.2, -0.15) is 0 Å². The van der Waals surface area contributed by atoms with Crippen molar-refractivity contribution in [2.45, 2.75) is 26.2 Å². The second-order valence-corrected chi connectivity index (χ2v) is 8.14. The number of amides is 1. The van der Waals surface area contributed by atoms with Gasteiger partial charge in [0.15, 0.2) is 12.4 Å². The molecule has 2 saturated carbocycles. The standard InChI is InChI=1S/C24H25NO4/c1-15-7-11-19(12-8-15)25-20(26)14-29-24(28)22-18-10-9-17(13-18)21(22)23(27)16-5-3-2-4-6-16/h2-8,11-12,17-18,21-22H,9-10,13-14H2,1H3,(H,25,26)/t17-,18+,21-,22+/m0/s1. The van der Waals surface area contributed by atoms with Gasteiger partial charge in [0.1, 0.15) is 0 Å². The van der Waals surface area contributed by atoms with Crippen LogP contribution >= 0.6 is 0 Å². The average molecular weight is 391 g/mol. The monoisotopic (exact) mass is 391 g/mol. The number of carbonyl (C=O) groups excluding carboxylic acids is 3. The third kappa shape index (κ3) is 4.09. The Morgan fingerprint density at radius 3 is 2.28 bits per heavy atom. The molecule has 4 atom stereocenters. The maximum absolute atomic E-state index is 13.1. The largest absolute Gasteiger partial charge is 0.455 e. The molecular formula is C24H25NO4. The number of benzene rings is 2. The van der Waals surface area contributed by atoms with Crippen molar-refractivity contribution < 1.29 is 19.1 Å². The molecule has 2 aromatic rings. The van der Waals surface area contributed by atoms with E-state index in [1.54, 1.807) is 24.3 Å². The van der Waals surface area contributed by atoms with Crippen LogP contribution < -0.4 is 5.32 Å². The summed E-state index contributed by atoms with van der Waals surface area (Å²) in [5, 5.41) is 2.73. The molecule has 0 radical (unpaired) electrons. The smallest absolute Gasteiger partial charge is 0.310 e. The van der Waals surface area contributed by atoms with Crippen LogP contribution in [0, 0.1) is 30.6 Å². The van der Waals surface area contributed by atoms with Crippen molar-refractivity contribution in [1.29, 1.82) is 0 Å². The van der Waals surface area contributed by atoms with E-state index in [4.69, 9.17) is 4.74 Å². The van der Waals surface area contributed by atoms with Crippen LogP contribution in [0.2, 0.25) is 0 Å². The minimum Gasteiger partial charge on any atom is -0.455 e. The quantitative estimate of drug-likeness (QED) is 0.596. The Bertz CT molecular complexity index is 906. The normalized spacial score (nSPS) is 24.9. The Hall–Kier alpha value is -2.95. The molecule has 2 aromatic carbocycles. The second-order valence-electron chi connectivity index (χ2n) is 8.14. The third-order valence-electron chi connectivity index (χ3n) is 6.23. The van der Waals surface area contributed by atoms with E-state index in [0.717, 1.165) is 24.8 Å². The van der Waals surface area contributed by atoms with E-state index in [1.165, 1.54) is 0 Å². The third-order valence-corrected chi connectivity index (χ3v) is 6.23. The number of esters is 1. The first-order valence-electron chi connectivity index (χ1n) is 10.2. The van der Waals surface area contributed by atoms with Gasteiger partial charge in [-0.15, -0.1) is 0 Å². The summed E-state index contributed by atoms with van der Waals surface area (Å²) >= 11 is 0. The number of nitrogens with one attached hydrogen (secondary N) is 1. The van der Waals surface area contributed by atoms with Crippen LogP contribution in [0.1, 0.15) is 35.2 Å². The highest BCUT2D eigenvalue weighted by Gasteiger charge is 2.54. The first-order chi connectivity index (χ1) is 14.0.